The summed E-state index contributed by atoms with van der Waals surface area (Å²) in [4.78, 5) is 64.5. The van der Waals surface area contributed by atoms with Crippen molar-refractivity contribution in [1.29, 1.82) is 0 Å². The Bertz CT molecular complexity index is 1500. The van der Waals surface area contributed by atoms with Crippen LogP contribution in [-0.2, 0) is 43.2 Å². The topological polar surface area (TPSA) is 220 Å². The molecule has 13 nitrogen and oxygen atoms in total. The van der Waals surface area contributed by atoms with Gasteiger partial charge in [0.15, 0.2) is 0 Å². The molecule has 9 N–H and O–H groups in total. The number of amides is 4. The normalized spacial score (nSPS) is 14.1. The Hall–Kier alpha value is -5.43. The van der Waals surface area contributed by atoms with Crippen molar-refractivity contribution >= 4 is 29.6 Å². The largest absolute Gasteiger partial charge is 0.508 e. The summed E-state index contributed by atoms with van der Waals surface area (Å²) in [7, 11) is 0. The van der Waals surface area contributed by atoms with Gasteiger partial charge in [0.05, 0.1) is 6.04 Å². The lowest BCUT2D eigenvalue weighted by Crippen LogP contribution is -2.59. The van der Waals surface area contributed by atoms with Gasteiger partial charge in [-0.1, -0.05) is 54.6 Å². The van der Waals surface area contributed by atoms with E-state index in [0.29, 0.717) is 16.7 Å². The number of hydrogen-bond acceptors (Lipinski definition) is 8. The monoisotopic (exact) mass is 633 g/mol. The number of nitrogens with one attached hydrogen (secondary N) is 4. The number of aromatic hydroxyl groups is 2. The Morgan fingerprint density at radius 1 is 0.565 bits per heavy atom. The van der Waals surface area contributed by atoms with Crippen molar-refractivity contribution in [2.45, 2.75) is 63.3 Å². The maximum Gasteiger partial charge on any atom is 0.326 e. The molecule has 0 saturated heterocycles. The Balaban J connectivity index is 1.86. The molecule has 0 bridgehead atoms. The summed E-state index contributed by atoms with van der Waals surface area (Å²) in [5.41, 5.74) is 7.39. The first kappa shape index (κ1) is 35.1. The molecular formula is C33H39N5O8. The third-order valence-electron chi connectivity index (χ3n) is 7.08. The molecule has 5 atom stereocenters. The minimum Gasteiger partial charge on any atom is -0.508 e. The summed E-state index contributed by atoms with van der Waals surface area (Å²) >= 11 is 0. The van der Waals surface area contributed by atoms with E-state index in [1.54, 1.807) is 42.5 Å². The van der Waals surface area contributed by atoms with E-state index < -0.39 is 59.8 Å². The number of nitrogens with two attached hydrogens (primary N) is 1. The van der Waals surface area contributed by atoms with Crippen LogP contribution in [0.5, 0.6) is 11.5 Å². The number of phenolic OH excluding ortho intramolecular Hbond substituents is 2. The zero-order chi connectivity index (χ0) is 33.8. The molecule has 0 spiro atoms. The summed E-state index contributed by atoms with van der Waals surface area (Å²) < 4.78 is 0. The van der Waals surface area contributed by atoms with E-state index in [9.17, 15) is 39.3 Å². The van der Waals surface area contributed by atoms with Gasteiger partial charge < -0.3 is 42.3 Å². The summed E-state index contributed by atoms with van der Waals surface area (Å²) in [6.45, 7) is 2.90. The molecule has 0 aliphatic heterocycles. The van der Waals surface area contributed by atoms with Gasteiger partial charge >= 0.3 is 5.97 Å². The fraction of sp³-hybridized carbons (Fsp3) is 0.303. The van der Waals surface area contributed by atoms with Crippen molar-refractivity contribution < 1.29 is 39.3 Å². The molecule has 244 valence electrons. The first-order valence-electron chi connectivity index (χ1n) is 14.6. The predicted octanol–water partition coefficient (Wildman–Crippen LogP) is 0.517. The van der Waals surface area contributed by atoms with Crippen LogP contribution in [0.3, 0.4) is 0 Å². The summed E-state index contributed by atoms with van der Waals surface area (Å²) in [6, 6.07) is 14.9. The van der Waals surface area contributed by atoms with Crippen LogP contribution < -0.4 is 27.0 Å². The number of hydrogen-bond donors (Lipinski definition) is 8. The van der Waals surface area contributed by atoms with Crippen LogP contribution in [0.4, 0.5) is 0 Å². The van der Waals surface area contributed by atoms with Crippen LogP contribution in [0, 0.1) is 0 Å². The molecule has 0 unspecified atom stereocenters. The Morgan fingerprint density at radius 2 is 0.957 bits per heavy atom. The Labute approximate surface area is 266 Å². The average Bonchev–Trinajstić information content (AvgIpc) is 3.02. The number of phenols is 2. The van der Waals surface area contributed by atoms with E-state index in [-0.39, 0.29) is 30.8 Å². The van der Waals surface area contributed by atoms with Crippen LogP contribution >= 0.6 is 0 Å². The van der Waals surface area contributed by atoms with Crippen molar-refractivity contribution in [2.24, 2.45) is 5.73 Å². The maximum atomic E-state index is 13.7. The first-order chi connectivity index (χ1) is 21.8. The van der Waals surface area contributed by atoms with E-state index in [0.717, 1.165) is 0 Å². The van der Waals surface area contributed by atoms with Crippen LogP contribution in [0.2, 0.25) is 0 Å². The molecule has 0 heterocycles. The number of benzene rings is 3. The standard InChI is InChI=1S/C33H39N5O8/c1-19(34)29(41)35-20(2)30(42)36-26(16-21-6-4-3-5-7-21)31(43)37-27(17-22-8-12-24(39)13-9-22)32(44)38-28(33(45)46)18-23-10-14-25(40)15-11-23/h3-15,19-20,26-28,39-40H,16-18,34H2,1-2H3,(H,35,41)(H,36,42)(H,37,43)(H,38,44)(H,45,46)/t19-,20-,26-,27-,28-/m0/s1. The van der Waals surface area contributed by atoms with Gasteiger partial charge in [-0.15, -0.1) is 0 Å². The highest BCUT2D eigenvalue weighted by Crippen LogP contribution is 2.14. The number of aliphatic carboxylic acids is 1. The molecule has 0 fully saturated rings. The second kappa shape index (κ2) is 16.6. The van der Waals surface area contributed by atoms with Crippen LogP contribution in [0.15, 0.2) is 78.9 Å². The smallest absolute Gasteiger partial charge is 0.326 e. The lowest BCUT2D eigenvalue weighted by atomic mass is 10.0. The van der Waals surface area contributed by atoms with E-state index >= 15 is 0 Å². The molecule has 3 aromatic rings. The predicted molar refractivity (Wildman–Crippen MR) is 168 cm³/mol. The highest BCUT2D eigenvalue weighted by Gasteiger charge is 2.31. The van der Waals surface area contributed by atoms with E-state index in [4.69, 9.17) is 5.73 Å². The van der Waals surface area contributed by atoms with Crippen molar-refractivity contribution in [2.75, 3.05) is 0 Å². The van der Waals surface area contributed by atoms with Gasteiger partial charge in [0.2, 0.25) is 23.6 Å². The van der Waals surface area contributed by atoms with Crippen LogP contribution in [-0.4, -0.2) is 75.1 Å². The third-order valence-corrected chi connectivity index (χ3v) is 7.08. The summed E-state index contributed by atoms with van der Waals surface area (Å²) in [5, 5.41) is 39.4. The fourth-order valence-corrected chi connectivity index (χ4v) is 4.46. The highest BCUT2D eigenvalue weighted by molar-refractivity contribution is 5.95. The Morgan fingerprint density at radius 3 is 1.39 bits per heavy atom. The third kappa shape index (κ3) is 10.9. The minimum atomic E-state index is -1.37. The number of carboxylic acid groups (broad SMARTS) is 1. The maximum absolute atomic E-state index is 13.7. The molecule has 0 saturated carbocycles. The molecule has 0 aliphatic carbocycles. The second-order valence-electron chi connectivity index (χ2n) is 11.0. The van der Waals surface area contributed by atoms with Crippen LogP contribution in [0.1, 0.15) is 30.5 Å². The van der Waals surface area contributed by atoms with E-state index in [2.05, 4.69) is 21.3 Å². The molecule has 3 rings (SSSR count). The summed E-state index contributed by atoms with van der Waals surface area (Å²) in [5.74, 6) is -4.07. The summed E-state index contributed by atoms with van der Waals surface area (Å²) in [6.07, 6.45) is -0.131. The Kier molecular flexibility index (Phi) is 12.6. The van der Waals surface area contributed by atoms with Crippen LogP contribution in [0.25, 0.3) is 0 Å². The average molecular weight is 634 g/mol. The number of carboxylic acids is 1. The van der Waals surface area contributed by atoms with Gasteiger partial charge in [-0.25, -0.2) is 4.79 Å². The zero-order valence-corrected chi connectivity index (χ0v) is 25.5. The zero-order valence-electron chi connectivity index (χ0n) is 25.5. The number of carbonyl (C=O) groups is 5. The first-order valence-corrected chi connectivity index (χ1v) is 14.6. The fourth-order valence-electron chi connectivity index (χ4n) is 4.46. The van der Waals surface area contributed by atoms with E-state index in [1.165, 1.54) is 50.2 Å². The second-order valence-corrected chi connectivity index (χ2v) is 11.0. The molecule has 0 aliphatic rings. The lowest BCUT2D eigenvalue weighted by Gasteiger charge is -2.26. The van der Waals surface area contributed by atoms with Gasteiger partial charge in [0.25, 0.3) is 0 Å². The van der Waals surface area contributed by atoms with Crippen molar-refractivity contribution in [3.8, 4) is 11.5 Å². The molecule has 3 aromatic carbocycles. The van der Waals surface area contributed by atoms with Gasteiger partial charge in [-0.2, -0.15) is 0 Å². The van der Waals surface area contributed by atoms with E-state index in [1.807, 2.05) is 0 Å². The lowest BCUT2D eigenvalue weighted by molar-refractivity contribution is -0.142. The van der Waals surface area contributed by atoms with Crippen molar-refractivity contribution in [3.05, 3.63) is 95.6 Å². The van der Waals surface area contributed by atoms with Gasteiger partial charge in [-0.05, 0) is 54.8 Å². The van der Waals surface area contributed by atoms with Gasteiger partial charge in [0, 0.05) is 19.3 Å². The highest BCUT2D eigenvalue weighted by atomic mass is 16.4. The van der Waals surface area contributed by atoms with Gasteiger partial charge in [0.1, 0.15) is 35.7 Å². The quantitative estimate of drug-likeness (QED) is 0.117. The SMILES string of the molecule is C[C@H](N)C(=O)N[C@@H](C)C(=O)N[C@@H](Cc1ccccc1)C(=O)N[C@@H](Cc1ccc(O)cc1)C(=O)N[C@@H](Cc1ccc(O)cc1)C(=O)O. The molecule has 0 radical (unpaired) electrons. The molecule has 13 heteroatoms. The number of carbonyl (C=O) groups excluding carboxylic acids is 4. The molecule has 4 amide bonds. The van der Waals surface area contributed by atoms with Crippen molar-refractivity contribution in [3.63, 3.8) is 0 Å². The molecular weight excluding hydrogens is 594 g/mol. The van der Waals surface area contributed by atoms with Gasteiger partial charge in [-0.3, -0.25) is 19.2 Å². The van der Waals surface area contributed by atoms with Crippen molar-refractivity contribution in [1.82, 2.24) is 21.3 Å². The molecule has 0 aromatic heterocycles. The molecule has 46 heavy (non-hydrogen) atoms. The number of rotatable bonds is 15. The minimum absolute atomic E-state index is 0.000745.